The fourth-order valence-electron chi connectivity index (χ4n) is 2.07. The van der Waals surface area contributed by atoms with Crippen molar-refractivity contribution in [1.82, 2.24) is 9.97 Å². The molecule has 0 spiro atoms. The first-order valence-corrected chi connectivity index (χ1v) is 8.71. The normalized spacial score (nSPS) is 11.8. The first kappa shape index (κ1) is 18.0. The lowest BCUT2D eigenvalue weighted by Crippen LogP contribution is -2.24. The second kappa shape index (κ2) is 8.46. The van der Waals surface area contributed by atoms with Crippen LogP contribution in [0.25, 0.3) is 0 Å². The van der Waals surface area contributed by atoms with Gasteiger partial charge in [0.25, 0.3) is 0 Å². The van der Waals surface area contributed by atoms with E-state index >= 15 is 0 Å². The Hall–Kier alpha value is -2.39. The Balaban J connectivity index is 2.19. The summed E-state index contributed by atoms with van der Waals surface area (Å²) in [5.74, 6) is 0.164. The maximum atomic E-state index is 12.5. The van der Waals surface area contributed by atoms with E-state index in [4.69, 9.17) is 0 Å². The maximum absolute atomic E-state index is 12.5. The van der Waals surface area contributed by atoms with Gasteiger partial charge in [0.05, 0.1) is 10.8 Å². The molecule has 0 saturated heterocycles. The Bertz CT molecular complexity index is 740. The molecule has 0 radical (unpaired) electrons. The fourth-order valence-corrected chi connectivity index (χ4v) is 3.07. The molecule has 2 aromatic heterocycles. The number of nitrogens with zero attached hydrogens (tertiary/aromatic N) is 3. The summed E-state index contributed by atoms with van der Waals surface area (Å²) in [4.78, 5) is 21.0. The molecule has 2 aromatic rings. The predicted molar refractivity (Wildman–Crippen MR) is 95.8 cm³/mol. The van der Waals surface area contributed by atoms with Crippen molar-refractivity contribution < 1.29 is 4.79 Å². The second-order valence-corrected chi connectivity index (χ2v) is 6.79. The number of rotatable bonds is 6. The highest BCUT2D eigenvalue weighted by Gasteiger charge is 2.21. The number of hydrogen-bond acceptors (Lipinski definition) is 5. The lowest BCUT2D eigenvalue weighted by Gasteiger charge is -2.16. The highest BCUT2D eigenvalue weighted by Crippen LogP contribution is 2.29. The number of amides is 1. The molecule has 0 fully saturated rings. The van der Waals surface area contributed by atoms with Crippen molar-refractivity contribution in [2.45, 2.75) is 43.4 Å². The quantitative estimate of drug-likeness (QED) is 0.805. The summed E-state index contributed by atoms with van der Waals surface area (Å²) >= 11 is 1.34. The molecule has 1 unspecified atom stereocenters. The topological polar surface area (TPSA) is 78.7 Å². The van der Waals surface area contributed by atoms with Gasteiger partial charge < -0.3 is 5.32 Å². The summed E-state index contributed by atoms with van der Waals surface area (Å²) in [6.45, 7) is 6.05. The van der Waals surface area contributed by atoms with Gasteiger partial charge in [-0.2, -0.15) is 5.26 Å². The summed E-state index contributed by atoms with van der Waals surface area (Å²) in [5.41, 5.74) is 2.12. The molecule has 0 bridgehead atoms. The standard InChI is InChI=1S/C18H20N4OS/c1-4-16(17(23)21-14-7-9-20-10-8-14)24-18-13(11-19)5-6-15(22-18)12(2)3/h5-10,12,16H,4H2,1-3H3,(H,20,21,23). The van der Waals surface area contributed by atoms with Crippen LogP contribution >= 0.6 is 11.8 Å². The van der Waals surface area contributed by atoms with E-state index in [1.807, 2.05) is 13.0 Å². The van der Waals surface area contributed by atoms with Gasteiger partial charge in [0, 0.05) is 23.8 Å². The van der Waals surface area contributed by atoms with E-state index in [0.29, 0.717) is 22.7 Å². The molecule has 0 aliphatic rings. The third-order valence-electron chi connectivity index (χ3n) is 3.46. The molecule has 6 heteroatoms. The van der Waals surface area contributed by atoms with E-state index in [-0.39, 0.29) is 17.1 Å². The highest BCUT2D eigenvalue weighted by molar-refractivity contribution is 8.00. The zero-order valence-corrected chi connectivity index (χ0v) is 14.8. The van der Waals surface area contributed by atoms with E-state index in [9.17, 15) is 10.1 Å². The molecule has 1 N–H and O–H groups in total. The molecule has 0 aliphatic carbocycles. The number of thioether (sulfide) groups is 1. The van der Waals surface area contributed by atoms with Crippen LogP contribution in [-0.4, -0.2) is 21.1 Å². The maximum Gasteiger partial charge on any atom is 0.237 e. The van der Waals surface area contributed by atoms with Crippen LogP contribution in [0.15, 0.2) is 41.7 Å². The van der Waals surface area contributed by atoms with Crippen LogP contribution in [0.3, 0.4) is 0 Å². The Morgan fingerprint density at radius 1 is 1.29 bits per heavy atom. The first-order chi connectivity index (χ1) is 11.5. The van der Waals surface area contributed by atoms with Gasteiger partial charge in [0.15, 0.2) is 0 Å². The van der Waals surface area contributed by atoms with Crippen molar-refractivity contribution in [2.24, 2.45) is 0 Å². The lowest BCUT2D eigenvalue weighted by atomic mass is 10.1. The average Bonchev–Trinajstić information content (AvgIpc) is 2.60. The SMILES string of the molecule is CCC(Sc1nc(C(C)C)ccc1C#N)C(=O)Nc1ccncc1. The lowest BCUT2D eigenvalue weighted by molar-refractivity contribution is -0.115. The zero-order chi connectivity index (χ0) is 17.5. The molecule has 1 amide bonds. The largest absolute Gasteiger partial charge is 0.325 e. The number of anilines is 1. The minimum atomic E-state index is -0.319. The summed E-state index contributed by atoms with van der Waals surface area (Å²) < 4.78 is 0. The summed E-state index contributed by atoms with van der Waals surface area (Å²) in [6, 6.07) is 9.29. The van der Waals surface area contributed by atoms with E-state index in [2.05, 4.69) is 35.2 Å². The van der Waals surface area contributed by atoms with Gasteiger partial charge in [0.1, 0.15) is 11.1 Å². The number of aromatic nitrogens is 2. The van der Waals surface area contributed by atoms with Crippen molar-refractivity contribution >= 4 is 23.4 Å². The molecule has 0 aromatic carbocycles. The van der Waals surface area contributed by atoms with E-state index < -0.39 is 0 Å². The minimum Gasteiger partial charge on any atom is -0.325 e. The third-order valence-corrected chi connectivity index (χ3v) is 4.83. The molecule has 0 aliphatic heterocycles. The fraction of sp³-hybridized carbons (Fsp3) is 0.333. The van der Waals surface area contributed by atoms with E-state index in [1.54, 1.807) is 30.6 Å². The van der Waals surface area contributed by atoms with Crippen molar-refractivity contribution in [3.63, 3.8) is 0 Å². The number of nitrogens with one attached hydrogen (secondary N) is 1. The minimum absolute atomic E-state index is 0.102. The van der Waals surface area contributed by atoms with E-state index in [0.717, 1.165) is 5.69 Å². The van der Waals surface area contributed by atoms with Crippen LogP contribution in [0.2, 0.25) is 0 Å². The van der Waals surface area contributed by atoms with E-state index in [1.165, 1.54) is 11.8 Å². The number of hydrogen-bond donors (Lipinski definition) is 1. The Kier molecular flexibility index (Phi) is 6.33. The second-order valence-electron chi connectivity index (χ2n) is 5.60. The van der Waals surface area contributed by atoms with Crippen LogP contribution in [0.1, 0.15) is 44.4 Å². The Morgan fingerprint density at radius 2 is 2.00 bits per heavy atom. The summed E-state index contributed by atoms with van der Waals surface area (Å²) in [5, 5.41) is 12.5. The van der Waals surface area contributed by atoms with Crippen molar-refractivity contribution in [3.05, 3.63) is 47.9 Å². The summed E-state index contributed by atoms with van der Waals surface area (Å²) in [6.07, 6.45) is 3.90. The van der Waals surface area contributed by atoms with Gasteiger partial charge >= 0.3 is 0 Å². The molecular weight excluding hydrogens is 320 g/mol. The van der Waals surface area contributed by atoms with Crippen molar-refractivity contribution in [2.75, 3.05) is 5.32 Å². The summed E-state index contributed by atoms with van der Waals surface area (Å²) in [7, 11) is 0. The monoisotopic (exact) mass is 340 g/mol. The molecule has 24 heavy (non-hydrogen) atoms. The molecule has 2 heterocycles. The van der Waals surface area contributed by atoms with Crippen LogP contribution < -0.4 is 5.32 Å². The zero-order valence-electron chi connectivity index (χ0n) is 14.0. The number of pyridine rings is 2. The van der Waals surface area contributed by atoms with Gasteiger partial charge in [-0.1, -0.05) is 32.5 Å². The van der Waals surface area contributed by atoms with Crippen LogP contribution in [-0.2, 0) is 4.79 Å². The van der Waals surface area contributed by atoms with Crippen LogP contribution in [0, 0.1) is 11.3 Å². The predicted octanol–water partition coefficient (Wildman–Crippen LogP) is 3.98. The molecular formula is C18H20N4OS. The van der Waals surface area contributed by atoms with Crippen LogP contribution in [0.5, 0.6) is 0 Å². The van der Waals surface area contributed by atoms with Crippen molar-refractivity contribution in [1.29, 1.82) is 5.26 Å². The highest BCUT2D eigenvalue weighted by atomic mass is 32.2. The Labute approximate surface area is 146 Å². The smallest absolute Gasteiger partial charge is 0.237 e. The van der Waals surface area contributed by atoms with Crippen molar-refractivity contribution in [3.8, 4) is 6.07 Å². The average molecular weight is 340 g/mol. The van der Waals surface area contributed by atoms with Gasteiger partial charge in [-0.15, -0.1) is 0 Å². The number of nitriles is 1. The molecule has 0 saturated carbocycles. The molecule has 124 valence electrons. The molecule has 5 nitrogen and oxygen atoms in total. The number of carbonyl (C=O) groups is 1. The third kappa shape index (κ3) is 4.56. The van der Waals surface area contributed by atoms with Crippen LogP contribution in [0.4, 0.5) is 5.69 Å². The van der Waals surface area contributed by atoms with Gasteiger partial charge in [-0.3, -0.25) is 9.78 Å². The molecule has 2 rings (SSSR count). The van der Waals surface area contributed by atoms with Gasteiger partial charge in [0.2, 0.25) is 5.91 Å². The number of carbonyl (C=O) groups excluding carboxylic acids is 1. The Morgan fingerprint density at radius 3 is 2.58 bits per heavy atom. The molecule has 1 atom stereocenters. The first-order valence-electron chi connectivity index (χ1n) is 7.83. The van der Waals surface area contributed by atoms with Gasteiger partial charge in [-0.25, -0.2) is 4.98 Å². The van der Waals surface area contributed by atoms with Gasteiger partial charge in [-0.05, 0) is 36.6 Å².